The molecule has 144 valence electrons. The van der Waals surface area contributed by atoms with E-state index < -0.39 is 24.3 Å². The number of ether oxygens (including phenoxy) is 3. The van der Waals surface area contributed by atoms with Crippen molar-refractivity contribution in [3.63, 3.8) is 0 Å². The molecule has 0 fully saturated rings. The third-order valence-electron chi connectivity index (χ3n) is 4.37. The van der Waals surface area contributed by atoms with Crippen molar-refractivity contribution < 1.29 is 23.8 Å². The van der Waals surface area contributed by atoms with Crippen molar-refractivity contribution in [2.45, 2.75) is 39.4 Å². The number of carbonyl (C=O) groups is 2. The van der Waals surface area contributed by atoms with Gasteiger partial charge in [0.2, 0.25) is 0 Å². The van der Waals surface area contributed by atoms with E-state index in [-0.39, 0.29) is 12.5 Å². The molecule has 0 aliphatic rings. The van der Waals surface area contributed by atoms with Gasteiger partial charge in [0.25, 0.3) is 0 Å². The molecule has 0 radical (unpaired) electrons. The fourth-order valence-electron chi connectivity index (χ4n) is 2.89. The van der Waals surface area contributed by atoms with Crippen molar-refractivity contribution in [2.24, 2.45) is 5.92 Å². The van der Waals surface area contributed by atoms with Crippen molar-refractivity contribution in [1.29, 1.82) is 0 Å². The van der Waals surface area contributed by atoms with Crippen molar-refractivity contribution in [3.8, 4) is 0 Å². The van der Waals surface area contributed by atoms with Crippen LogP contribution in [0.25, 0.3) is 0 Å². The smallest absolute Gasteiger partial charge is 0.459 e. The molecule has 0 heterocycles. The molecule has 0 spiro atoms. The maximum atomic E-state index is 12.4. The van der Waals surface area contributed by atoms with Gasteiger partial charge in [0, 0.05) is 5.92 Å². The van der Waals surface area contributed by atoms with Crippen LogP contribution in [0.5, 0.6) is 0 Å². The maximum Gasteiger partial charge on any atom is 0.508 e. The maximum absolute atomic E-state index is 12.4. The minimum Gasteiger partial charge on any atom is -0.459 e. The number of hydrogen-bond donors (Lipinski definition) is 0. The molecule has 5 nitrogen and oxygen atoms in total. The highest BCUT2D eigenvalue weighted by Crippen LogP contribution is 2.22. The zero-order chi connectivity index (χ0) is 19.6. The molecule has 2 aromatic carbocycles. The van der Waals surface area contributed by atoms with E-state index in [1.165, 1.54) is 0 Å². The van der Waals surface area contributed by atoms with E-state index in [2.05, 4.69) is 0 Å². The highest BCUT2D eigenvalue weighted by Gasteiger charge is 2.30. The standard InChI is InChI=1S/C22H26O5/c1-4-25-22(24)27-17(3)20(15-18-11-7-5-8-12-18)16(2)26-21(23)19-13-9-6-10-14-19/h5-14,16-17,20H,4,15H2,1-3H3. The number of benzene rings is 2. The van der Waals surface area contributed by atoms with Crippen LogP contribution >= 0.6 is 0 Å². The van der Waals surface area contributed by atoms with Crippen molar-refractivity contribution in [3.05, 3.63) is 71.8 Å². The van der Waals surface area contributed by atoms with E-state index in [1.54, 1.807) is 38.1 Å². The molecular formula is C22H26O5. The number of hydrogen-bond acceptors (Lipinski definition) is 5. The predicted octanol–water partition coefficient (Wildman–Crippen LogP) is 4.65. The van der Waals surface area contributed by atoms with Gasteiger partial charge in [-0.25, -0.2) is 9.59 Å². The molecule has 0 amide bonds. The average molecular weight is 370 g/mol. The third kappa shape index (κ3) is 6.44. The number of rotatable bonds is 8. The quantitative estimate of drug-likeness (QED) is 0.633. The minimum absolute atomic E-state index is 0.218. The molecule has 0 bridgehead atoms. The molecule has 5 heteroatoms. The first-order valence-corrected chi connectivity index (χ1v) is 9.14. The average Bonchev–Trinajstić information content (AvgIpc) is 2.67. The van der Waals surface area contributed by atoms with Crippen LogP contribution in [0.2, 0.25) is 0 Å². The molecule has 3 atom stereocenters. The van der Waals surface area contributed by atoms with E-state index >= 15 is 0 Å². The Kier molecular flexibility index (Phi) is 7.86. The van der Waals surface area contributed by atoms with Gasteiger partial charge in [-0.3, -0.25) is 0 Å². The number of esters is 1. The molecular weight excluding hydrogens is 344 g/mol. The summed E-state index contributed by atoms with van der Waals surface area (Å²) in [6, 6.07) is 18.7. The topological polar surface area (TPSA) is 61.8 Å². The molecule has 0 aromatic heterocycles. The Hall–Kier alpha value is -2.82. The zero-order valence-electron chi connectivity index (χ0n) is 16.0. The monoisotopic (exact) mass is 370 g/mol. The second kappa shape index (κ2) is 10.4. The Balaban J connectivity index is 2.11. The summed E-state index contributed by atoms with van der Waals surface area (Å²) in [5, 5.41) is 0. The lowest BCUT2D eigenvalue weighted by Gasteiger charge is -2.29. The van der Waals surface area contributed by atoms with Gasteiger partial charge >= 0.3 is 12.1 Å². The van der Waals surface area contributed by atoms with Crippen LogP contribution < -0.4 is 0 Å². The molecule has 3 unspecified atom stereocenters. The van der Waals surface area contributed by atoms with Crippen LogP contribution in [0.1, 0.15) is 36.7 Å². The van der Waals surface area contributed by atoms with Gasteiger partial charge in [0.1, 0.15) is 12.2 Å². The van der Waals surface area contributed by atoms with Crippen LogP contribution in [-0.4, -0.2) is 30.9 Å². The summed E-state index contributed by atoms with van der Waals surface area (Å²) in [7, 11) is 0. The highest BCUT2D eigenvalue weighted by molar-refractivity contribution is 5.89. The highest BCUT2D eigenvalue weighted by atomic mass is 16.7. The molecule has 27 heavy (non-hydrogen) atoms. The molecule has 2 aromatic rings. The lowest BCUT2D eigenvalue weighted by atomic mass is 9.90. The summed E-state index contributed by atoms with van der Waals surface area (Å²) >= 11 is 0. The lowest BCUT2D eigenvalue weighted by molar-refractivity contribution is -0.0304. The van der Waals surface area contributed by atoms with Crippen LogP contribution in [0.15, 0.2) is 60.7 Å². The molecule has 0 aliphatic heterocycles. The van der Waals surface area contributed by atoms with E-state index in [0.29, 0.717) is 12.0 Å². The largest absolute Gasteiger partial charge is 0.508 e. The third-order valence-corrected chi connectivity index (χ3v) is 4.37. The fraction of sp³-hybridized carbons (Fsp3) is 0.364. The summed E-state index contributed by atoms with van der Waals surface area (Å²) in [5.41, 5.74) is 1.56. The van der Waals surface area contributed by atoms with Crippen LogP contribution in [0.3, 0.4) is 0 Å². The first kappa shape index (κ1) is 20.5. The normalized spacial score (nSPS) is 13.9. The molecule has 0 N–H and O–H groups in total. The predicted molar refractivity (Wildman–Crippen MR) is 103 cm³/mol. The van der Waals surface area contributed by atoms with E-state index in [9.17, 15) is 9.59 Å². The summed E-state index contributed by atoms with van der Waals surface area (Å²) in [4.78, 5) is 24.1. The summed E-state index contributed by atoms with van der Waals surface area (Å²) in [6.07, 6.45) is -1.06. The molecule has 0 saturated heterocycles. The van der Waals surface area contributed by atoms with Gasteiger partial charge in [-0.1, -0.05) is 48.5 Å². The van der Waals surface area contributed by atoms with Gasteiger partial charge in [0.15, 0.2) is 0 Å². The van der Waals surface area contributed by atoms with E-state index in [0.717, 1.165) is 5.56 Å². The molecule has 2 rings (SSSR count). The van der Waals surface area contributed by atoms with Crippen LogP contribution in [0, 0.1) is 5.92 Å². The first-order valence-electron chi connectivity index (χ1n) is 9.14. The van der Waals surface area contributed by atoms with Crippen LogP contribution in [0.4, 0.5) is 4.79 Å². The molecule has 0 aliphatic carbocycles. The number of carbonyl (C=O) groups excluding carboxylic acids is 2. The first-order chi connectivity index (χ1) is 13.0. The Bertz CT molecular complexity index is 714. The Morgan fingerprint density at radius 2 is 1.41 bits per heavy atom. The van der Waals surface area contributed by atoms with Gasteiger partial charge in [-0.15, -0.1) is 0 Å². The second-order valence-corrected chi connectivity index (χ2v) is 6.34. The summed E-state index contributed by atoms with van der Waals surface area (Å²) in [6.45, 7) is 5.57. The van der Waals surface area contributed by atoms with Crippen molar-refractivity contribution in [1.82, 2.24) is 0 Å². The summed E-state index contributed by atoms with van der Waals surface area (Å²) < 4.78 is 15.9. The second-order valence-electron chi connectivity index (χ2n) is 6.34. The van der Waals surface area contributed by atoms with Crippen molar-refractivity contribution >= 4 is 12.1 Å². The van der Waals surface area contributed by atoms with Gasteiger partial charge in [0.05, 0.1) is 12.2 Å². The van der Waals surface area contributed by atoms with E-state index in [4.69, 9.17) is 14.2 Å². The minimum atomic E-state index is -0.718. The fourth-order valence-corrected chi connectivity index (χ4v) is 2.89. The van der Waals surface area contributed by atoms with Crippen LogP contribution in [-0.2, 0) is 20.6 Å². The lowest BCUT2D eigenvalue weighted by Crippen LogP contribution is -2.36. The summed E-state index contributed by atoms with van der Waals surface area (Å²) in [5.74, 6) is -0.617. The SMILES string of the molecule is CCOC(=O)OC(C)C(Cc1ccccc1)C(C)OC(=O)c1ccccc1. The zero-order valence-corrected chi connectivity index (χ0v) is 16.0. The Morgan fingerprint density at radius 3 is 2.00 bits per heavy atom. The Labute approximate surface area is 160 Å². The van der Waals surface area contributed by atoms with Gasteiger partial charge < -0.3 is 14.2 Å². The van der Waals surface area contributed by atoms with Gasteiger partial charge in [-0.05, 0) is 44.9 Å². The van der Waals surface area contributed by atoms with Gasteiger partial charge in [-0.2, -0.15) is 0 Å². The Morgan fingerprint density at radius 1 is 0.852 bits per heavy atom. The van der Waals surface area contributed by atoms with Crippen molar-refractivity contribution in [2.75, 3.05) is 6.61 Å². The molecule has 0 saturated carbocycles. The van der Waals surface area contributed by atoms with E-state index in [1.807, 2.05) is 43.3 Å².